The second-order valence-electron chi connectivity index (χ2n) is 10.2. The van der Waals surface area contributed by atoms with Crippen molar-refractivity contribution in [3.05, 3.63) is 16.3 Å². The van der Waals surface area contributed by atoms with Crippen molar-refractivity contribution in [2.45, 2.75) is 78.1 Å². The standard InChI is InChI=1S/C25H36N4OS/c1-16(2)22-26-23(21-19-10-9-17(3)15-20(19)31-24(21)27-22)28-11-13-29(14-12-28)25(30)18-7-5-4-6-8-18/h16-18H,4-15H2,1-3H3/t17-/m1/s1. The molecule has 6 heteroatoms. The molecule has 1 saturated carbocycles. The molecule has 0 bridgehead atoms. The predicted octanol–water partition coefficient (Wildman–Crippen LogP) is 5.17. The zero-order chi connectivity index (χ0) is 21.5. The molecule has 31 heavy (non-hydrogen) atoms. The zero-order valence-electron chi connectivity index (χ0n) is 19.3. The van der Waals surface area contributed by atoms with Gasteiger partial charge in [0.15, 0.2) is 0 Å². The monoisotopic (exact) mass is 440 g/mol. The van der Waals surface area contributed by atoms with Gasteiger partial charge in [0.1, 0.15) is 16.5 Å². The number of carbonyl (C=O) groups excluding carboxylic acids is 1. The van der Waals surface area contributed by atoms with Crippen molar-refractivity contribution in [3.63, 3.8) is 0 Å². The van der Waals surface area contributed by atoms with Crippen LogP contribution in [0.1, 0.15) is 81.5 Å². The molecular formula is C25H36N4OS. The molecule has 0 N–H and O–H groups in total. The number of rotatable bonds is 3. The highest BCUT2D eigenvalue weighted by molar-refractivity contribution is 7.19. The van der Waals surface area contributed by atoms with Crippen LogP contribution < -0.4 is 4.90 Å². The van der Waals surface area contributed by atoms with Gasteiger partial charge in [-0.05, 0) is 43.6 Å². The minimum atomic E-state index is 0.268. The quantitative estimate of drug-likeness (QED) is 0.661. The first-order valence-corrected chi connectivity index (χ1v) is 13.2. The molecule has 1 atom stereocenters. The summed E-state index contributed by atoms with van der Waals surface area (Å²) >= 11 is 1.90. The van der Waals surface area contributed by atoms with Crippen LogP contribution in [0.5, 0.6) is 0 Å². The summed E-state index contributed by atoms with van der Waals surface area (Å²) < 4.78 is 0. The van der Waals surface area contributed by atoms with Gasteiger partial charge in [-0.2, -0.15) is 0 Å². The second kappa shape index (κ2) is 8.68. The third kappa shape index (κ3) is 4.08. The van der Waals surface area contributed by atoms with E-state index in [1.807, 2.05) is 11.3 Å². The van der Waals surface area contributed by atoms with Crippen LogP contribution in [-0.4, -0.2) is 47.0 Å². The number of fused-ring (bicyclic) bond motifs is 3. The normalized spacial score (nSPS) is 22.9. The van der Waals surface area contributed by atoms with Gasteiger partial charge in [-0.3, -0.25) is 4.79 Å². The lowest BCUT2D eigenvalue weighted by Gasteiger charge is -2.38. The number of piperazine rings is 1. The first kappa shape index (κ1) is 21.2. The Morgan fingerprint density at radius 2 is 1.77 bits per heavy atom. The maximum Gasteiger partial charge on any atom is 0.225 e. The molecule has 0 spiro atoms. The van der Waals surface area contributed by atoms with Gasteiger partial charge in [0.05, 0.1) is 5.39 Å². The van der Waals surface area contributed by atoms with Gasteiger partial charge in [0, 0.05) is 42.9 Å². The number of hydrogen-bond acceptors (Lipinski definition) is 5. The van der Waals surface area contributed by atoms with Crippen molar-refractivity contribution in [1.29, 1.82) is 0 Å². The van der Waals surface area contributed by atoms with Crippen molar-refractivity contribution in [1.82, 2.24) is 14.9 Å². The fourth-order valence-electron chi connectivity index (χ4n) is 5.57. The molecule has 1 aliphatic heterocycles. The number of hydrogen-bond donors (Lipinski definition) is 0. The van der Waals surface area contributed by atoms with E-state index in [0.29, 0.717) is 11.8 Å². The number of aromatic nitrogens is 2. The van der Waals surface area contributed by atoms with Gasteiger partial charge >= 0.3 is 0 Å². The van der Waals surface area contributed by atoms with Crippen LogP contribution in [0.25, 0.3) is 10.2 Å². The first-order valence-electron chi connectivity index (χ1n) is 12.4. The Kier molecular flexibility index (Phi) is 5.93. The predicted molar refractivity (Wildman–Crippen MR) is 128 cm³/mol. The van der Waals surface area contributed by atoms with E-state index < -0.39 is 0 Å². The summed E-state index contributed by atoms with van der Waals surface area (Å²) in [5.41, 5.74) is 1.50. The Hall–Kier alpha value is -1.69. The summed E-state index contributed by atoms with van der Waals surface area (Å²) in [6, 6.07) is 0. The van der Waals surface area contributed by atoms with Gasteiger partial charge < -0.3 is 9.80 Å². The molecule has 1 saturated heterocycles. The molecule has 5 nitrogen and oxygen atoms in total. The smallest absolute Gasteiger partial charge is 0.225 e. The van der Waals surface area contributed by atoms with Crippen molar-refractivity contribution in [2.75, 3.05) is 31.1 Å². The van der Waals surface area contributed by atoms with Crippen LogP contribution in [-0.2, 0) is 17.6 Å². The lowest BCUT2D eigenvalue weighted by Crippen LogP contribution is -2.51. The molecular weight excluding hydrogens is 404 g/mol. The van der Waals surface area contributed by atoms with Crippen LogP contribution in [0.15, 0.2) is 0 Å². The van der Waals surface area contributed by atoms with E-state index in [2.05, 4.69) is 30.6 Å². The SMILES string of the molecule is CC(C)c1nc(N2CCN(C(=O)C3CCCCC3)CC2)c2c3c(sc2n1)C[C@H](C)CC3. The van der Waals surface area contributed by atoms with E-state index in [9.17, 15) is 4.79 Å². The van der Waals surface area contributed by atoms with Gasteiger partial charge in [-0.15, -0.1) is 11.3 Å². The topological polar surface area (TPSA) is 49.3 Å². The Bertz CT molecular complexity index is 954. The van der Waals surface area contributed by atoms with E-state index in [0.717, 1.165) is 63.0 Å². The highest BCUT2D eigenvalue weighted by atomic mass is 32.1. The molecule has 0 unspecified atom stereocenters. The molecule has 3 heterocycles. The maximum absolute atomic E-state index is 13.0. The number of aryl methyl sites for hydroxylation is 1. The Morgan fingerprint density at radius 1 is 1.03 bits per heavy atom. The third-order valence-corrected chi connectivity index (χ3v) is 8.66. The van der Waals surface area contributed by atoms with E-state index in [4.69, 9.17) is 9.97 Å². The molecule has 2 aliphatic carbocycles. The lowest BCUT2D eigenvalue weighted by molar-refractivity contribution is -0.136. The first-order chi connectivity index (χ1) is 15.0. The second-order valence-corrected chi connectivity index (χ2v) is 11.3. The van der Waals surface area contributed by atoms with E-state index in [-0.39, 0.29) is 5.92 Å². The summed E-state index contributed by atoms with van der Waals surface area (Å²) in [6.45, 7) is 10.1. The van der Waals surface area contributed by atoms with Crippen LogP contribution in [0.4, 0.5) is 5.82 Å². The number of amides is 1. The average Bonchev–Trinajstić information content (AvgIpc) is 3.16. The van der Waals surface area contributed by atoms with Crippen molar-refractivity contribution in [2.24, 2.45) is 11.8 Å². The van der Waals surface area contributed by atoms with Crippen LogP contribution >= 0.6 is 11.3 Å². The Morgan fingerprint density at radius 3 is 2.48 bits per heavy atom. The van der Waals surface area contributed by atoms with Gasteiger partial charge in [0.2, 0.25) is 5.91 Å². The van der Waals surface area contributed by atoms with Crippen LogP contribution in [0.2, 0.25) is 0 Å². The van der Waals surface area contributed by atoms with E-state index in [1.54, 1.807) is 0 Å². The maximum atomic E-state index is 13.0. The summed E-state index contributed by atoms with van der Waals surface area (Å²) in [5, 5.41) is 1.31. The number of carbonyl (C=O) groups is 1. The fourth-order valence-corrected chi connectivity index (χ4v) is 6.96. The molecule has 2 aromatic heterocycles. The zero-order valence-corrected chi connectivity index (χ0v) is 20.1. The highest BCUT2D eigenvalue weighted by Crippen LogP contribution is 2.41. The minimum absolute atomic E-state index is 0.268. The van der Waals surface area contributed by atoms with Crippen molar-refractivity contribution < 1.29 is 4.79 Å². The van der Waals surface area contributed by atoms with Gasteiger partial charge in [-0.1, -0.05) is 40.0 Å². The lowest BCUT2D eigenvalue weighted by atomic mass is 9.88. The molecule has 2 aromatic rings. The average molecular weight is 441 g/mol. The highest BCUT2D eigenvalue weighted by Gasteiger charge is 2.31. The number of nitrogens with zero attached hydrogens (tertiary/aromatic N) is 4. The molecule has 0 aromatic carbocycles. The van der Waals surface area contributed by atoms with Gasteiger partial charge in [-0.25, -0.2) is 9.97 Å². The molecule has 3 aliphatic rings. The van der Waals surface area contributed by atoms with Gasteiger partial charge in [0.25, 0.3) is 0 Å². The van der Waals surface area contributed by atoms with Crippen molar-refractivity contribution in [3.8, 4) is 0 Å². The third-order valence-electron chi connectivity index (χ3n) is 7.51. The fraction of sp³-hybridized carbons (Fsp3) is 0.720. The van der Waals surface area contributed by atoms with Crippen molar-refractivity contribution >= 4 is 33.3 Å². The largest absolute Gasteiger partial charge is 0.352 e. The van der Waals surface area contributed by atoms with Crippen LogP contribution in [0.3, 0.4) is 0 Å². The summed E-state index contributed by atoms with van der Waals surface area (Å²) in [7, 11) is 0. The summed E-state index contributed by atoms with van der Waals surface area (Å²) in [5.74, 6) is 3.83. The number of anilines is 1. The molecule has 168 valence electrons. The minimum Gasteiger partial charge on any atom is -0.352 e. The van der Waals surface area contributed by atoms with E-state index in [1.165, 1.54) is 52.8 Å². The molecule has 1 amide bonds. The summed E-state index contributed by atoms with van der Waals surface area (Å²) in [6.07, 6.45) is 9.48. The Labute approximate surface area is 190 Å². The molecule has 5 rings (SSSR count). The molecule has 2 fully saturated rings. The summed E-state index contributed by atoms with van der Waals surface area (Å²) in [4.78, 5) is 30.4. The van der Waals surface area contributed by atoms with E-state index >= 15 is 0 Å². The Balaban J connectivity index is 1.41. The molecule has 0 radical (unpaired) electrons. The number of thiophene rings is 1. The van der Waals surface area contributed by atoms with Crippen LogP contribution in [0, 0.1) is 11.8 Å².